The zero-order valence-corrected chi connectivity index (χ0v) is 13.6. The monoisotopic (exact) mass is 339 g/mol. The van der Waals surface area contributed by atoms with Gasteiger partial charge < -0.3 is 9.09 Å². The molecule has 0 aliphatic rings. The Labute approximate surface area is 138 Å². The van der Waals surface area contributed by atoms with Crippen molar-refractivity contribution in [3.05, 3.63) is 60.9 Å². The Bertz CT molecular complexity index is 1130. The molecule has 2 aromatic carbocycles. The first-order valence-electron chi connectivity index (χ1n) is 7.25. The first kappa shape index (κ1) is 14.6. The average molecular weight is 339 g/mol. The Morgan fingerprint density at radius 2 is 1.71 bits per heavy atom. The van der Waals surface area contributed by atoms with Gasteiger partial charge in [-0.05, 0) is 24.3 Å². The van der Waals surface area contributed by atoms with Crippen LogP contribution in [0.4, 0.5) is 0 Å². The molecule has 0 amide bonds. The molecule has 4 aromatic rings. The molecule has 0 radical (unpaired) electrons. The molecule has 0 bridgehead atoms. The molecule has 2 aromatic heterocycles. The molecule has 4 rings (SSSR count). The standard InChI is InChI=1S/C17H13N3O3S/c1-20-14-10-6-5-9-13(14)18-17(20)16-15(11-23-19-16)24(21,22)12-7-3-2-4-8-12/h2-11H,1H3. The van der Waals surface area contributed by atoms with Crippen molar-refractivity contribution in [3.63, 3.8) is 0 Å². The molecular formula is C17H13N3O3S. The van der Waals surface area contributed by atoms with Crippen LogP contribution >= 0.6 is 0 Å². The van der Waals surface area contributed by atoms with Crippen LogP contribution in [0.1, 0.15) is 0 Å². The molecule has 24 heavy (non-hydrogen) atoms. The van der Waals surface area contributed by atoms with Gasteiger partial charge in [0.05, 0.1) is 15.9 Å². The van der Waals surface area contributed by atoms with Crippen LogP contribution in [0.25, 0.3) is 22.6 Å². The van der Waals surface area contributed by atoms with Gasteiger partial charge in [0.2, 0.25) is 9.84 Å². The van der Waals surface area contributed by atoms with Crippen LogP contribution < -0.4 is 0 Å². The third kappa shape index (κ3) is 2.13. The van der Waals surface area contributed by atoms with Gasteiger partial charge >= 0.3 is 0 Å². The largest absolute Gasteiger partial charge is 0.363 e. The second-order valence-electron chi connectivity index (χ2n) is 5.33. The number of para-hydroxylation sites is 2. The fourth-order valence-corrected chi connectivity index (χ4v) is 3.98. The van der Waals surface area contributed by atoms with Gasteiger partial charge in [0, 0.05) is 7.05 Å². The first-order valence-corrected chi connectivity index (χ1v) is 8.73. The molecule has 0 unspecified atom stereocenters. The quantitative estimate of drug-likeness (QED) is 0.573. The summed E-state index contributed by atoms with van der Waals surface area (Å²) in [6, 6.07) is 15.8. The summed E-state index contributed by atoms with van der Waals surface area (Å²) in [4.78, 5) is 4.69. The van der Waals surface area contributed by atoms with Gasteiger partial charge in [-0.1, -0.05) is 35.5 Å². The number of aromatic nitrogens is 3. The van der Waals surface area contributed by atoms with Crippen molar-refractivity contribution in [1.82, 2.24) is 14.7 Å². The maximum Gasteiger partial charge on any atom is 0.212 e. The van der Waals surface area contributed by atoms with E-state index in [1.807, 2.05) is 31.3 Å². The van der Waals surface area contributed by atoms with Crippen LogP contribution in [0.2, 0.25) is 0 Å². The van der Waals surface area contributed by atoms with Gasteiger partial charge in [-0.25, -0.2) is 13.4 Å². The van der Waals surface area contributed by atoms with E-state index in [0.29, 0.717) is 5.82 Å². The highest BCUT2D eigenvalue weighted by molar-refractivity contribution is 7.91. The lowest BCUT2D eigenvalue weighted by Crippen LogP contribution is -2.04. The molecule has 0 atom stereocenters. The summed E-state index contributed by atoms with van der Waals surface area (Å²) in [7, 11) is -1.92. The number of nitrogens with zero attached hydrogens (tertiary/aromatic N) is 3. The summed E-state index contributed by atoms with van der Waals surface area (Å²) in [5.74, 6) is 0.444. The minimum Gasteiger partial charge on any atom is -0.363 e. The van der Waals surface area contributed by atoms with Crippen LogP contribution in [0.5, 0.6) is 0 Å². The maximum absolute atomic E-state index is 12.9. The SMILES string of the molecule is Cn1c(-c2nocc2S(=O)(=O)c2ccccc2)nc2ccccc21. The molecule has 0 aliphatic carbocycles. The zero-order chi connectivity index (χ0) is 16.7. The normalized spacial score (nSPS) is 11.9. The number of hydrogen-bond acceptors (Lipinski definition) is 5. The minimum atomic E-state index is -3.74. The van der Waals surface area contributed by atoms with Gasteiger partial charge in [0.15, 0.2) is 11.5 Å². The number of hydrogen-bond donors (Lipinski definition) is 0. The molecule has 0 fully saturated rings. The van der Waals surface area contributed by atoms with Crippen LogP contribution in [0.3, 0.4) is 0 Å². The number of fused-ring (bicyclic) bond motifs is 1. The summed E-state index contributed by atoms with van der Waals surface area (Å²) in [5.41, 5.74) is 1.86. The summed E-state index contributed by atoms with van der Waals surface area (Å²) in [6.45, 7) is 0. The van der Waals surface area contributed by atoms with Gasteiger partial charge in [-0.3, -0.25) is 0 Å². The van der Waals surface area contributed by atoms with Crippen molar-refractivity contribution in [3.8, 4) is 11.5 Å². The zero-order valence-electron chi connectivity index (χ0n) is 12.7. The maximum atomic E-state index is 12.9. The molecule has 7 heteroatoms. The van der Waals surface area contributed by atoms with E-state index in [1.54, 1.807) is 34.9 Å². The Morgan fingerprint density at radius 3 is 2.46 bits per heavy atom. The fraction of sp³-hybridized carbons (Fsp3) is 0.0588. The number of benzene rings is 2. The van der Waals surface area contributed by atoms with Gasteiger partial charge in [0.25, 0.3) is 0 Å². The topological polar surface area (TPSA) is 78.0 Å². The van der Waals surface area contributed by atoms with Crippen molar-refractivity contribution in [1.29, 1.82) is 0 Å². The van der Waals surface area contributed by atoms with E-state index in [1.165, 1.54) is 0 Å². The fourth-order valence-electron chi connectivity index (χ4n) is 2.65. The minimum absolute atomic E-state index is 0.00658. The highest BCUT2D eigenvalue weighted by atomic mass is 32.2. The van der Waals surface area contributed by atoms with Gasteiger partial charge in [0.1, 0.15) is 11.2 Å². The van der Waals surface area contributed by atoms with E-state index >= 15 is 0 Å². The number of rotatable bonds is 3. The lowest BCUT2D eigenvalue weighted by molar-refractivity contribution is 0.419. The van der Waals surface area contributed by atoms with Gasteiger partial charge in [-0.2, -0.15) is 0 Å². The molecule has 0 saturated heterocycles. The smallest absolute Gasteiger partial charge is 0.212 e. The lowest BCUT2D eigenvalue weighted by Gasteiger charge is -2.04. The van der Waals surface area contributed by atoms with E-state index in [-0.39, 0.29) is 15.5 Å². The van der Waals surface area contributed by atoms with E-state index in [4.69, 9.17) is 4.52 Å². The molecule has 6 nitrogen and oxygen atoms in total. The molecule has 0 N–H and O–H groups in total. The molecule has 0 saturated carbocycles. The van der Waals surface area contributed by atoms with Crippen molar-refractivity contribution >= 4 is 20.9 Å². The van der Waals surface area contributed by atoms with Crippen molar-refractivity contribution in [2.45, 2.75) is 9.79 Å². The number of sulfone groups is 1. The molecule has 120 valence electrons. The second kappa shape index (κ2) is 5.31. The Morgan fingerprint density at radius 1 is 1.00 bits per heavy atom. The summed E-state index contributed by atoms with van der Waals surface area (Å²) >= 11 is 0. The Hall–Kier alpha value is -2.93. The predicted molar refractivity (Wildman–Crippen MR) is 88.1 cm³/mol. The van der Waals surface area contributed by atoms with Gasteiger partial charge in [-0.15, -0.1) is 0 Å². The third-order valence-electron chi connectivity index (χ3n) is 3.88. The summed E-state index contributed by atoms with van der Waals surface area (Å²) in [6.07, 6.45) is 1.15. The van der Waals surface area contributed by atoms with E-state index < -0.39 is 9.84 Å². The van der Waals surface area contributed by atoms with Crippen LogP contribution in [-0.4, -0.2) is 23.1 Å². The number of imidazole rings is 1. The van der Waals surface area contributed by atoms with Crippen molar-refractivity contribution in [2.75, 3.05) is 0 Å². The average Bonchev–Trinajstić information content (AvgIpc) is 3.21. The Balaban J connectivity index is 1.93. The van der Waals surface area contributed by atoms with Crippen molar-refractivity contribution < 1.29 is 12.9 Å². The van der Waals surface area contributed by atoms with Crippen molar-refractivity contribution in [2.24, 2.45) is 7.05 Å². The second-order valence-corrected chi connectivity index (χ2v) is 7.25. The van der Waals surface area contributed by atoms with E-state index in [0.717, 1.165) is 17.3 Å². The summed E-state index contributed by atoms with van der Waals surface area (Å²) < 4.78 is 32.5. The first-order chi connectivity index (χ1) is 11.6. The summed E-state index contributed by atoms with van der Waals surface area (Å²) in [5, 5.41) is 3.90. The lowest BCUT2D eigenvalue weighted by atomic mass is 10.3. The molecule has 0 aliphatic heterocycles. The molecule has 0 spiro atoms. The predicted octanol–water partition coefficient (Wildman–Crippen LogP) is 3.06. The number of aryl methyl sites for hydroxylation is 1. The highest BCUT2D eigenvalue weighted by Crippen LogP contribution is 2.31. The third-order valence-corrected chi connectivity index (χ3v) is 5.64. The molecular weight excluding hydrogens is 326 g/mol. The molecule has 2 heterocycles. The van der Waals surface area contributed by atoms with Crippen LogP contribution in [0, 0.1) is 0 Å². The van der Waals surface area contributed by atoms with Crippen LogP contribution in [0.15, 0.2) is 75.2 Å². The Kier molecular flexibility index (Phi) is 3.24. The van der Waals surface area contributed by atoms with Crippen LogP contribution in [-0.2, 0) is 16.9 Å². The van der Waals surface area contributed by atoms with E-state index in [2.05, 4.69) is 10.1 Å². The van der Waals surface area contributed by atoms with E-state index in [9.17, 15) is 8.42 Å². The highest BCUT2D eigenvalue weighted by Gasteiger charge is 2.28.